The Labute approximate surface area is 304 Å². The summed E-state index contributed by atoms with van der Waals surface area (Å²) in [5, 5.41) is 0. The predicted molar refractivity (Wildman–Crippen MR) is 203 cm³/mol. The summed E-state index contributed by atoms with van der Waals surface area (Å²) in [5.74, 6) is 0.508. The first-order chi connectivity index (χ1) is 23.5. The number of likely N-dealkylation sites (N-methyl/N-ethyl adjacent to an activating group) is 1. The first-order valence-electron chi connectivity index (χ1n) is 19.9. The summed E-state index contributed by atoms with van der Waals surface area (Å²) >= 11 is 1.21. The van der Waals surface area contributed by atoms with Crippen LogP contribution in [0.25, 0.3) is 5.57 Å². The van der Waals surface area contributed by atoms with Gasteiger partial charge in [0, 0.05) is 31.8 Å². The average Bonchev–Trinajstić information content (AvgIpc) is 3.52. The number of unbranched alkanes of at least 4 members (excludes halogenated alkanes) is 18. The third-order valence-corrected chi connectivity index (χ3v) is 10.2. The first kappa shape index (κ1) is 43.2. The fourth-order valence-electron chi connectivity index (χ4n) is 6.50. The van der Waals surface area contributed by atoms with Crippen molar-refractivity contribution in [2.24, 2.45) is 0 Å². The van der Waals surface area contributed by atoms with Crippen molar-refractivity contribution in [3.63, 3.8) is 0 Å². The number of ether oxygens (including phenoxy) is 3. The number of hydrogen-bond acceptors (Lipinski definition) is 8. The molecule has 0 aromatic carbocycles. The highest BCUT2D eigenvalue weighted by Gasteiger charge is 2.36. The van der Waals surface area contributed by atoms with E-state index in [9.17, 15) is 9.59 Å². The van der Waals surface area contributed by atoms with Crippen molar-refractivity contribution >= 4 is 29.2 Å². The van der Waals surface area contributed by atoms with Crippen LogP contribution in [0.1, 0.15) is 188 Å². The molecule has 1 aromatic heterocycles. The fourth-order valence-corrected chi connectivity index (χ4v) is 7.03. The molecule has 9 heteroatoms. The molecule has 1 aliphatic heterocycles. The van der Waals surface area contributed by atoms with E-state index in [4.69, 9.17) is 14.2 Å². The van der Waals surface area contributed by atoms with Crippen LogP contribution in [0.2, 0.25) is 0 Å². The van der Waals surface area contributed by atoms with Crippen molar-refractivity contribution < 1.29 is 28.3 Å². The standard InChI is InChI=1S/C40H72N3O5S/c1-7-8-9-26-32-46-39-38(41-49-42-39)35-28-27-31-43(6,33-35)34(2)47-36(44)29-24-22-20-18-16-14-12-10-11-13-15-17-19-21-23-25-30-37(45)48-40(3,4)5/h28,34H,7-27,29-33H2,1-6H3/q+1. The molecule has 282 valence electrons. The van der Waals surface area contributed by atoms with Crippen LogP contribution >= 0.6 is 11.7 Å². The molecule has 0 spiro atoms. The maximum atomic E-state index is 12.7. The van der Waals surface area contributed by atoms with Gasteiger partial charge in [-0.15, -0.1) is 4.37 Å². The van der Waals surface area contributed by atoms with Crippen molar-refractivity contribution in [3.8, 4) is 5.88 Å². The van der Waals surface area contributed by atoms with E-state index < -0.39 is 0 Å². The molecule has 0 saturated heterocycles. The molecule has 1 aromatic rings. The van der Waals surface area contributed by atoms with Gasteiger partial charge in [-0.05, 0) is 40.0 Å². The molecule has 1 aliphatic rings. The highest BCUT2D eigenvalue weighted by Crippen LogP contribution is 2.32. The molecule has 2 heterocycles. The van der Waals surface area contributed by atoms with Crippen LogP contribution in [-0.4, -0.2) is 63.7 Å². The number of carbonyl (C=O) groups excluding carboxylic acids is 2. The molecular formula is C40H72N3O5S+. The minimum atomic E-state index is -0.371. The number of rotatable bonds is 28. The molecule has 8 nitrogen and oxygen atoms in total. The van der Waals surface area contributed by atoms with E-state index in [-0.39, 0.29) is 23.8 Å². The normalized spacial score (nSPS) is 17.1. The Balaban J connectivity index is 1.44. The number of quaternary nitrogens is 1. The van der Waals surface area contributed by atoms with Gasteiger partial charge in [-0.3, -0.25) is 14.1 Å². The SMILES string of the molecule is CCCCCCOc1nsnc1C1=CCC[N+](C)(C(C)OC(=O)CCCCCCCCCCCCCCCCCCC(=O)OC(C)(C)C)C1. The summed E-state index contributed by atoms with van der Waals surface area (Å²) in [7, 11) is 2.18. The van der Waals surface area contributed by atoms with E-state index in [0.717, 1.165) is 62.9 Å². The maximum absolute atomic E-state index is 12.7. The zero-order valence-corrected chi connectivity index (χ0v) is 33.1. The van der Waals surface area contributed by atoms with E-state index in [0.29, 0.717) is 29.8 Å². The lowest BCUT2D eigenvalue weighted by atomic mass is 10.0. The van der Waals surface area contributed by atoms with Crippen molar-refractivity contribution in [3.05, 3.63) is 11.8 Å². The minimum Gasteiger partial charge on any atom is -0.475 e. The van der Waals surface area contributed by atoms with Gasteiger partial charge in [-0.2, -0.15) is 4.37 Å². The van der Waals surface area contributed by atoms with Crippen LogP contribution in [-0.2, 0) is 19.1 Å². The Hall–Kier alpha value is -2.00. The van der Waals surface area contributed by atoms with Gasteiger partial charge >= 0.3 is 11.9 Å². The van der Waals surface area contributed by atoms with E-state index in [1.807, 2.05) is 27.7 Å². The van der Waals surface area contributed by atoms with Crippen molar-refractivity contribution in [1.82, 2.24) is 8.75 Å². The lowest BCUT2D eigenvalue weighted by Gasteiger charge is -2.41. The number of nitrogens with zero attached hydrogens (tertiary/aromatic N) is 3. The third kappa shape index (κ3) is 19.8. The number of esters is 2. The smallest absolute Gasteiger partial charge is 0.310 e. The van der Waals surface area contributed by atoms with Gasteiger partial charge in [0.1, 0.15) is 17.8 Å². The third-order valence-electron chi connectivity index (χ3n) is 9.67. The second kappa shape index (κ2) is 25.0. The summed E-state index contributed by atoms with van der Waals surface area (Å²) in [6.07, 6.45) is 28.4. The minimum absolute atomic E-state index is 0.0639. The quantitative estimate of drug-likeness (QED) is 0.0487. The Bertz CT molecular complexity index is 1070. The van der Waals surface area contributed by atoms with Crippen molar-refractivity contribution in [1.29, 1.82) is 0 Å². The number of hydrogen-bond donors (Lipinski definition) is 0. The van der Waals surface area contributed by atoms with Crippen LogP contribution in [0.3, 0.4) is 0 Å². The zero-order valence-electron chi connectivity index (χ0n) is 32.3. The van der Waals surface area contributed by atoms with E-state index in [1.165, 1.54) is 108 Å². The van der Waals surface area contributed by atoms with Crippen molar-refractivity contribution in [2.75, 3.05) is 26.7 Å². The van der Waals surface area contributed by atoms with Crippen LogP contribution in [0.4, 0.5) is 0 Å². The summed E-state index contributed by atoms with van der Waals surface area (Å²) in [4.78, 5) is 24.5. The molecule has 0 aliphatic carbocycles. The number of carbonyl (C=O) groups is 2. The molecular weight excluding hydrogens is 635 g/mol. The molecule has 0 saturated carbocycles. The fraction of sp³-hybridized carbons (Fsp3) is 0.850. The Kier molecular flexibility index (Phi) is 22.1. The highest BCUT2D eigenvalue weighted by molar-refractivity contribution is 6.99. The summed E-state index contributed by atoms with van der Waals surface area (Å²) < 4.78 is 27.0. The second-order valence-corrected chi connectivity index (χ2v) is 16.1. The number of aromatic nitrogens is 2. The topological polar surface area (TPSA) is 87.6 Å². The summed E-state index contributed by atoms with van der Waals surface area (Å²) in [6, 6.07) is 0. The maximum Gasteiger partial charge on any atom is 0.310 e. The molecule has 49 heavy (non-hydrogen) atoms. The summed E-state index contributed by atoms with van der Waals surface area (Å²) in [6.45, 7) is 12.4. The van der Waals surface area contributed by atoms with Crippen molar-refractivity contribution in [2.45, 2.75) is 194 Å². The van der Waals surface area contributed by atoms with Gasteiger partial charge in [-0.1, -0.05) is 122 Å². The average molecular weight is 707 g/mol. The van der Waals surface area contributed by atoms with Crippen LogP contribution in [0.15, 0.2) is 6.08 Å². The first-order valence-corrected chi connectivity index (χ1v) is 20.7. The Morgan fingerprint density at radius 1 is 0.776 bits per heavy atom. The van der Waals surface area contributed by atoms with Crippen LogP contribution in [0, 0.1) is 0 Å². The highest BCUT2D eigenvalue weighted by atomic mass is 32.1. The van der Waals surface area contributed by atoms with Gasteiger partial charge in [0.15, 0.2) is 0 Å². The predicted octanol–water partition coefficient (Wildman–Crippen LogP) is 11.0. The summed E-state index contributed by atoms with van der Waals surface area (Å²) in [5.41, 5.74) is 1.63. The van der Waals surface area contributed by atoms with Gasteiger partial charge in [0.25, 0.3) is 5.88 Å². The molecule has 0 N–H and O–H groups in total. The van der Waals surface area contributed by atoms with Gasteiger partial charge in [0.2, 0.25) is 6.23 Å². The molecule has 2 unspecified atom stereocenters. The second-order valence-electron chi connectivity index (χ2n) is 15.5. The Morgan fingerprint density at radius 2 is 1.29 bits per heavy atom. The van der Waals surface area contributed by atoms with Gasteiger partial charge in [-0.25, -0.2) is 0 Å². The lowest BCUT2D eigenvalue weighted by molar-refractivity contribution is -0.944. The lowest BCUT2D eigenvalue weighted by Crippen LogP contribution is -2.55. The van der Waals surface area contributed by atoms with E-state index in [2.05, 4.69) is 28.8 Å². The molecule has 0 fully saturated rings. The molecule has 0 amide bonds. The molecule has 2 atom stereocenters. The van der Waals surface area contributed by atoms with Crippen LogP contribution in [0.5, 0.6) is 5.88 Å². The van der Waals surface area contributed by atoms with Gasteiger partial charge in [0.05, 0.1) is 31.9 Å². The van der Waals surface area contributed by atoms with E-state index >= 15 is 0 Å². The Morgan fingerprint density at radius 3 is 1.82 bits per heavy atom. The van der Waals surface area contributed by atoms with E-state index in [1.54, 1.807) is 0 Å². The van der Waals surface area contributed by atoms with Gasteiger partial charge < -0.3 is 14.2 Å². The molecule has 2 rings (SSSR count). The molecule has 0 radical (unpaired) electrons. The monoisotopic (exact) mass is 707 g/mol. The zero-order chi connectivity index (χ0) is 35.8. The molecule has 0 bridgehead atoms. The largest absolute Gasteiger partial charge is 0.475 e. The van der Waals surface area contributed by atoms with Crippen LogP contribution < -0.4 is 4.74 Å².